The van der Waals surface area contributed by atoms with Gasteiger partial charge in [0.05, 0.1) is 5.39 Å². The summed E-state index contributed by atoms with van der Waals surface area (Å²) in [4.78, 5) is 7.69. The second-order valence-corrected chi connectivity index (χ2v) is 5.06. The standard InChI is InChI=1S/C16H18N4/c1-4-12-5-7-13(8-6-12)20-11(3)19-16-14(15(20)17)10(2)9-18-16/h5-9,17-18H,4H2,1-3H3. The van der Waals surface area contributed by atoms with Crippen LogP contribution in [-0.2, 0) is 6.42 Å². The van der Waals surface area contributed by atoms with Gasteiger partial charge in [0, 0.05) is 11.9 Å². The topological polar surface area (TPSA) is 57.5 Å². The zero-order chi connectivity index (χ0) is 14.3. The highest BCUT2D eigenvalue weighted by Gasteiger charge is 2.10. The predicted molar refractivity (Wildman–Crippen MR) is 80.1 cm³/mol. The minimum Gasteiger partial charge on any atom is -0.346 e. The van der Waals surface area contributed by atoms with Gasteiger partial charge in [-0.3, -0.25) is 9.98 Å². The first-order valence-corrected chi connectivity index (χ1v) is 6.83. The number of benzene rings is 1. The summed E-state index contributed by atoms with van der Waals surface area (Å²) in [5, 5.41) is 9.36. The second kappa shape index (κ2) is 4.63. The summed E-state index contributed by atoms with van der Waals surface area (Å²) in [5.74, 6) is 0.814. The van der Waals surface area contributed by atoms with Crippen LogP contribution in [0.1, 0.15) is 23.9 Å². The molecular formula is C16H18N4. The first-order valence-electron chi connectivity index (χ1n) is 6.83. The molecule has 2 N–H and O–H groups in total. The summed E-state index contributed by atoms with van der Waals surface area (Å²) in [6.45, 7) is 6.07. The third kappa shape index (κ3) is 1.84. The molecule has 102 valence electrons. The number of hydrogen-bond donors (Lipinski definition) is 2. The summed E-state index contributed by atoms with van der Waals surface area (Å²) < 4.78 is 1.89. The fourth-order valence-electron chi connectivity index (χ4n) is 2.58. The molecule has 4 nitrogen and oxygen atoms in total. The number of aryl methyl sites for hydroxylation is 3. The molecule has 2 aromatic heterocycles. The van der Waals surface area contributed by atoms with E-state index < -0.39 is 0 Å². The van der Waals surface area contributed by atoms with E-state index in [1.165, 1.54) is 5.56 Å². The molecule has 2 heterocycles. The Bertz CT molecular complexity index is 822. The first-order chi connectivity index (χ1) is 9.61. The molecule has 3 rings (SSSR count). The van der Waals surface area contributed by atoms with Gasteiger partial charge in [0.15, 0.2) is 0 Å². The minimum atomic E-state index is 0.482. The van der Waals surface area contributed by atoms with Crippen molar-refractivity contribution in [3.05, 3.63) is 52.9 Å². The van der Waals surface area contributed by atoms with Crippen LogP contribution in [0, 0.1) is 19.3 Å². The van der Waals surface area contributed by atoms with Crippen LogP contribution in [0.3, 0.4) is 0 Å². The van der Waals surface area contributed by atoms with Crippen LogP contribution in [0.2, 0.25) is 0 Å². The second-order valence-electron chi connectivity index (χ2n) is 5.06. The molecule has 0 amide bonds. The molecule has 0 saturated heterocycles. The molecule has 0 bridgehead atoms. The number of aromatic nitrogens is 3. The quantitative estimate of drug-likeness (QED) is 0.736. The highest BCUT2D eigenvalue weighted by Crippen LogP contribution is 2.15. The Labute approximate surface area is 117 Å². The van der Waals surface area contributed by atoms with Crippen LogP contribution in [0.15, 0.2) is 30.5 Å². The Morgan fingerprint density at radius 1 is 1.20 bits per heavy atom. The average Bonchev–Trinajstić information content (AvgIpc) is 2.81. The van der Waals surface area contributed by atoms with Gasteiger partial charge >= 0.3 is 0 Å². The van der Waals surface area contributed by atoms with E-state index in [0.717, 1.165) is 34.5 Å². The van der Waals surface area contributed by atoms with Gasteiger partial charge in [0.1, 0.15) is 17.0 Å². The van der Waals surface area contributed by atoms with Gasteiger partial charge in [-0.15, -0.1) is 0 Å². The fraction of sp³-hybridized carbons (Fsp3) is 0.250. The van der Waals surface area contributed by atoms with E-state index in [9.17, 15) is 0 Å². The summed E-state index contributed by atoms with van der Waals surface area (Å²) in [7, 11) is 0. The highest BCUT2D eigenvalue weighted by molar-refractivity contribution is 5.78. The maximum Gasteiger partial charge on any atom is 0.143 e. The van der Waals surface area contributed by atoms with E-state index in [-0.39, 0.29) is 0 Å². The maximum atomic E-state index is 8.48. The van der Waals surface area contributed by atoms with Crippen LogP contribution >= 0.6 is 0 Å². The van der Waals surface area contributed by atoms with Gasteiger partial charge in [-0.1, -0.05) is 19.1 Å². The third-order valence-electron chi connectivity index (χ3n) is 3.72. The molecule has 4 heteroatoms. The Morgan fingerprint density at radius 3 is 2.55 bits per heavy atom. The largest absolute Gasteiger partial charge is 0.346 e. The summed E-state index contributed by atoms with van der Waals surface area (Å²) in [6, 6.07) is 8.32. The van der Waals surface area contributed by atoms with E-state index in [0.29, 0.717) is 5.49 Å². The minimum absolute atomic E-state index is 0.482. The Hall–Kier alpha value is -2.36. The van der Waals surface area contributed by atoms with Crippen molar-refractivity contribution in [2.45, 2.75) is 27.2 Å². The van der Waals surface area contributed by atoms with E-state index in [2.05, 4.69) is 41.2 Å². The molecule has 0 aliphatic rings. The fourth-order valence-corrected chi connectivity index (χ4v) is 2.58. The molecule has 0 unspecified atom stereocenters. The molecule has 0 fully saturated rings. The van der Waals surface area contributed by atoms with Gasteiger partial charge in [0.2, 0.25) is 0 Å². The highest BCUT2D eigenvalue weighted by atomic mass is 15.1. The molecule has 20 heavy (non-hydrogen) atoms. The van der Waals surface area contributed by atoms with Crippen LogP contribution in [0.4, 0.5) is 0 Å². The Kier molecular flexibility index (Phi) is 2.93. The zero-order valence-corrected chi connectivity index (χ0v) is 12.0. The number of nitrogens with zero attached hydrogens (tertiary/aromatic N) is 2. The van der Waals surface area contributed by atoms with Crippen molar-refractivity contribution in [2.24, 2.45) is 0 Å². The summed E-state index contributed by atoms with van der Waals surface area (Å²) in [5.41, 5.74) is 4.60. The lowest BCUT2D eigenvalue weighted by Crippen LogP contribution is -2.22. The van der Waals surface area contributed by atoms with Crippen molar-refractivity contribution in [2.75, 3.05) is 0 Å². The van der Waals surface area contributed by atoms with Gasteiger partial charge in [-0.25, -0.2) is 4.98 Å². The van der Waals surface area contributed by atoms with Gasteiger partial charge in [-0.2, -0.15) is 0 Å². The molecule has 0 radical (unpaired) electrons. The van der Waals surface area contributed by atoms with Crippen LogP contribution in [0.5, 0.6) is 0 Å². The zero-order valence-electron chi connectivity index (χ0n) is 12.0. The van der Waals surface area contributed by atoms with Crippen LogP contribution in [0.25, 0.3) is 16.7 Å². The smallest absolute Gasteiger partial charge is 0.143 e. The maximum absolute atomic E-state index is 8.48. The average molecular weight is 266 g/mol. The van der Waals surface area contributed by atoms with Crippen molar-refractivity contribution < 1.29 is 0 Å². The first kappa shape index (κ1) is 12.7. The monoisotopic (exact) mass is 266 g/mol. The Balaban J connectivity index is 2.29. The summed E-state index contributed by atoms with van der Waals surface area (Å²) in [6.07, 6.45) is 2.92. The number of nitrogens with one attached hydrogen (secondary N) is 2. The van der Waals surface area contributed by atoms with Gasteiger partial charge in [0.25, 0.3) is 0 Å². The number of aromatic amines is 1. The molecule has 0 spiro atoms. The molecular weight excluding hydrogens is 248 g/mol. The van der Waals surface area contributed by atoms with Crippen LogP contribution < -0.4 is 5.49 Å². The van der Waals surface area contributed by atoms with Crippen molar-refractivity contribution in [1.82, 2.24) is 14.5 Å². The van der Waals surface area contributed by atoms with Crippen molar-refractivity contribution in [1.29, 1.82) is 5.41 Å². The van der Waals surface area contributed by atoms with Crippen molar-refractivity contribution in [3.63, 3.8) is 0 Å². The van der Waals surface area contributed by atoms with E-state index in [4.69, 9.17) is 5.41 Å². The molecule has 3 aromatic rings. The van der Waals surface area contributed by atoms with Gasteiger partial charge in [-0.05, 0) is 43.5 Å². The lowest BCUT2D eigenvalue weighted by Gasteiger charge is -2.12. The number of fused-ring (bicyclic) bond motifs is 1. The molecule has 0 atom stereocenters. The molecule has 1 aromatic carbocycles. The number of H-pyrrole nitrogens is 1. The van der Waals surface area contributed by atoms with E-state index in [1.807, 2.05) is 24.6 Å². The van der Waals surface area contributed by atoms with E-state index in [1.54, 1.807) is 0 Å². The molecule has 0 aliphatic heterocycles. The number of rotatable bonds is 2. The summed E-state index contributed by atoms with van der Waals surface area (Å²) >= 11 is 0. The molecule has 0 saturated carbocycles. The predicted octanol–water partition coefficient (Wildman–Crippen LogP) is 3.01. The lowest BCUT2D eigenvalue weighted by molar-refractivity contribution is 0.853. The van der Waals surface area contributed by atoms with Crippen molar-refractivity contribution in [3.8, 4) is 5.69 Å². The van der Waals surface area contributed by atoms with Gasteiger partial charge < -0.3 is 4.98 Å². The van der Waals surface area contributed by atoms with Crippen LogP contribution in [-0.4, -0.2) is 14.5 Å². The number of hydrogen-bond acceptors (Lipinski definition) is 2. The third-order valence-corrected chi connectivity index (χ3v) is 3.72. The normalized spacial score (nSPS) is 11.2. The Morgan fingerprint density at radius 2 is 1.90 bits per heavy atom. The van der Waals surface area contributed by atoms with E-state index >= 15 is 0 Å². The van der Waals surface area contributed by atoms with Crippen molar-refractivity contribution >= 4 is 11.0 Å². The lowest BCUT2D eigenvalue weighted by atomic mass is 10.1. The molecule has 0 aliphatic carbocycles. The SMILES string of the molecule is CCc1ccc(-n2c(C)nc3[nH]cc(C)c3c2=N)cc1.